The quantitative estimate of drug-likeness (QED) is 0.479. The average Bonchev–Trinajstić information content (AvgIpc) is 2.85. The molecule has 0 saturated heterocycles. The number of rotatable bonds is 8. The van der Waals surface area contributed by atoms with Gasteiger partial charge in [0.05, 0.1) is 24.7 Å². The topological polar surface area (TPSA) is 101 Å². The second-order valence-electron chi connectivity index (χ2n) is 8.69. The molecular formula is C24H28F2N6O3S. The largest absolute Gasteiger partial charge is 0.486 e. The van der Waals surface area contributed by atoms with Gasteiger partial charge in [-0.15, -0.1) is 0 Å². The van der Waals surface area contributed by atoms with Crippen LogP contribution in [-0.2, 0) is 16.6 Å². The summed E-state index contributed by atoms with van der Waals surface area (Å²) in [4.78, 5) is 14.6. The Bertz CT molecular complexity index is 1350. The minimum absolute atomic E-state index is 0.0599. The summed E-state index contributed by atoms with van der Waals surface area (Å²) in [6.07, 6.45) is 4.53. The molecular weight excluding hydrogens is 490 g/mol. The summed E-state index contributed by atoms with van der Waals surface area (Å²) in [6.45, 7) is 5.24. The number of anilines is 3. The lowest BCUT2D eigenvalue weighted by molar-refractivity contribution is 0.285. The Labute approximate surface area is 209 Å². The van der Waals surface area contributed by atoms with E-state index < -0.39 is 21.7 Å². The number of halogens is 2. The van der Waals surface area contributed by atoms with Gasteiger partial charge in [-0.3, -0.25) is 0 Å². The van der Waals surface area contributed by atoms with E-state index in [1.54, 1.807) is 18.2 Å². The molecule has 9 nitrogen and oxygen atoms in total. The van der Waals surface area contributed by atoms with Gasteiger partial charge in [-0.25, -0.2) is 36.5 Å². The Balaban J connectivity index is 1.60. The van der Waals surface area contributed by atoms with Crippen LogP contribution in [0.2, 0.25) is 0 Å². The zero-order valence-electron chi connectivity index (χ0n) is 20.5. The molecule has 1 N–H and O–H groups in total. The van der Waals surface area contributed by atoms with E-state index in [0.717, 1.165) is 18.9 Å². The Kier molecular flexibility index (Phi) is 7.36. The van der Waals surface area contributed by atoms with E-state index in [0.29, 0.717) is 30.2 Å². The number of nitrogens with one attached hydrogen (secondary N) is 1. The average molecular weight is 519 g/mol. The van der Waals surface area contributed by atoms with Crippen molar-refractivity contribution in [2.75, 3.05) is 36.7 Å². The molecule has 3 heterocycles. The third-order valence-electron chi connectivity index (χ3n) is 6.09. The Morgan fingerprint density at radius 2 is 1.97 bits per heavy atom. The van der Waals surface area contributed by atoms with Crippen molar-refractivity contribution in [1.82, 2.24) is 19.3 Å². The van der Waals surface area contributed by atoms with E-state index in [1.165, 1.54) is 23.6 Å². The van der Waals surface area contributed by atoms with Crippen molar-refractivity contribution in [1.29, 1.82) is 0 Å². The van der Waals surface area contributed by atoms with Gasteiger partial charge in [0.25, 0.3) is 0 Å². The maximum Gasteiger partial charge on any atom is 0.229 e. The minimum atomic E-state index is -3.32. The molecule has 4 rings (SSSR count). The molecule has 1 aromatic carbocycles. The van der Waals surface area contributed by atoms with Crippen LogP contribution in [0.1, 0.15) is 25.8 Å². The Morgan fingerprint density at radius 1 is 1.19 bits per heavy atom. The predicted octanol–water partition coefficient (Wildman–Crippen LogP) is 3.95. The van der Waals surface area contributed by atoms with Crippen molar-refractivity contribution < 1.29 is 21.9 Å². The number of aromatic nitrogens is 3. The van der Waals surface area contributed by atoms with Crippen LogP contribution in [0.4, 0.5) is 26.2 Å². The molecule has 0 saturated carbocycles. The van der Waals surface area contributed by atoms with E-state index >= 15 is 0 Å². The lowest BCUT2D eigenvalue weighted by atomic mass is 10.1. The minimum Gasteiger partial charge on any atom is -0.486 e. The maximum atomic E-state index is 15.0. The Hall–Kier alpha value is -3.38. The molecule has 2 aromatic heterocycles. The molecule has 1 atom stereocenters. The van der Waals surface area contributed by atoms with Crippen molar-refractivity contribution in [3.63, 3.8) is 0 Å². The molecule has 0 aliphatic carbocycles. The molecule has 0 amide bonds. The van der Waals surface area contributed by atoms with Crippen molar-refractivity contribution in [2.45, 2.75) is 32.9 Å². The number of nitrogens with zero attached hydrogens (tertiary/aromatic N) is 5. The van der Waals surface area contributed by atoms with E-state index in [9.17, 15) is 17.2 Å². The van der Waals surface area contributed by atoms with Crippen LogP contribution in [0.5, 0.6) is 5.75 Å². The van der Waals surface area contributed by atoms with Gasteiger partial charge in [-0.05, 0) is 37.1 Å². The third-order valence-corrected chi connectivity index (χ3v) is 7.35. The third kappa shape index (κ3) is 5.54. The van der Waals surface area contributed by atoms with Crippen LogP contribution in [0.25, 0.3) is 11.3 Å². The first-order chi connectivity index (χ1) is 17.1. The normalized spacial score (nSPS) is 14.4. The van der Waals surface area contributed by atoms with Crippen molar-refractivity contribution in [3.8, 4) is 17.0 Å². The van der Waals surface area contributed by atoms with Crippen molar-refractivity contribution in [2.24, 2.45) is 0 Å². The van der Waals surface area contributed by atoms with E-state index in [1.807, 2.05) is 13.8 Å². The molecule has 0 fully saturated rings. The summed E-state index contributed by atoms with van der Waals surface area (Å²) in [5.41, 5.74) is 1.46. The van der Waals surface area contributed by atoms with Crippen LogP contribution >= 0.6 is 0 Å². The van der Waals surface area contributed by atoms with Crippen LogP contribution in [0, 0.1) is 11.6 Å². The molecule has 192 valence electrons. The summed E-state index contributed by atoms with van der Waals surface area (Å²) >= 11 is 0. The lowest BCUT2D eigenvalue weighted by Crippen LogP contribution is -2.39. The molecule has 0 bridgehead atoms. The Morgan fingerprint density at radius 3 is 2.64 bits per heavy atom. The smallest absolute Gasteiger partial charge is 0.229 e. The fourth-order valence-electron chi connectivity index (χ4n) is 3.83. The van der Waals surface area contributed by atoms with Gasteiger partial charge in [0, 0.05) is 31.4 Å². The molecule has 0 radical (unpaired) electrons. The highest BCUT2D eigenvalue weighted by Crippen LogP contribution is 2.39. The van der Waals surface area contributed by atoms with Crippen LogP contribution in [0.3, 0.4) is 0 Å². The number of fused-ring (bicyclic) bond motifs is 1. The molecule has 36 heavy (non-hydrogen) atoms. The van der Waals surface area contributed by atoms with Crippen molar-refractivity contribution >= 4 is 27.5 Å². The summed E-state index contributed by atoms with van der Waals surface area (Å²) in [6, 6.07) is 6.40. The summed E-state index contributed by atoms with van der Waals surface area (Å²) in [7, 11) is -1.84. The molecule has 1 aliphatic heterocycles. The van der Waals surface area contributed by atoms with E-state index in [-0.39, 0.29) is 35.5 Å². The van der Waals surface area contributed by atoms with Gasteiger partial charge in [0.1, 0.15) is 18.1 Å². The summed E-state index contributed by atoms with van der Waals surface area (Å²) in [5.74, 6) is -0.665. The zero-order chi connectivity index (χ0) is 26.0. The van der Waals surface area contributed by atoms with Crippen LogP contribution in [0.15, 0.2) is 36.7 Å². The van der Waals surface area contributed by atoms with Gasteiger partial charge in [0.15, 0.2) is 17.4 Å². The van der Waals surface area contributed by atoms with E-state index in [2.05, 4.69) is 25.2 Å². The second-order valence-corrected chi connectivity index (χ2v) is 10.8. The highest BCUT2D eigenvalue weighted by atomic mass is 32.2. The second kappa shape index (κ2) is 10.3. The number of ether oxygens (including phenoxy) is 1. The number of hydrogen-bond acceptors (Lipinski definition) is 8. The van der Waals surface area contributed by atoms with Gasteiger partial charge < -0.3 is 15.0 Å². The number of hydrogen-bond donors (Lipinski definition) is 1. The SMILES string of the molecule is CCC(C)N1CCOc2c(F)cc(-c3nc(Nc4ccc(CN(C)S(C)(=O)=O)cn4)ncc3F)cc21. The van der Waals surface area contributed by atoms with E-state index in [4.69, 9.17) is 4.74 Å². The highest BCUT2D eigenvalue weighted by molar-refractivity contribution is 7.88. The first-order valence-corrected chi connectivity index (χ1v) is 13.3. The molecule has 12 heteroatoms. The van der Waals surface area contributed by atoms with Gasteiger partial charge in [0.2, 0.25) is 16.0 Å². The number of pyridine rings is 1. The number of sulfonamides is 1. The predicted molar refractivity (Wildman–Crippen MR) is 134 cm³/mol. The van der Waals surface area contributed by atoms with Crippen molar-refractivity contribution in [3.05, 3.63) is 53.9 Å². The molecule has 3 aromatic rings. The maximum absolute atomic E-state index is 15.0. The first kappa shape index (κ1) is 25.7. The summed E-state index contributed by atoms with van der Waals surface area (Å²) in [5, 5.41) is 2.90. The van der Waals surface area contributed by atoms with Crippen LogP contribution < -0.4 is 15.0 Å². The molecule has 0 spiro atoms. The standard InChI is InChI=1S/C24H28F2N6O3S/c1-5-15(2)32-8-9-35-23-18(25)10-17(11-20(23)32)22-19(26)13-28-24(30-22)29-21-7-6-16(12-27-21)14-31(3)36(4,33)34/h6-7,10-13,15H,5,8-9,14H2,1-4H3,(H,27,28,29,30). The molecule has 1 unspecified atom stereocenters. The van der Waals surface area contributed by atoms with Gasteiger partial charge in [-0.2, -0.15) is 0 Å². The molecule has 1 aliphatic rings. The zero-order valence-corrected chi connectivity index (χ0v) is 21.3. The van der Waals surface area contributed by atoms with Gasteiger partial charge in [-0.1, -0.05) is 13.0 Å². The fraction of sp³-hybridized carbons (Fsp3) is 0.375. The lowest BCUT2D eigenvalue weighted by Gasteiger charge is -2.36. The highest BCUT2D eigenvalue weighted by Gasteiger charge is 2.26. The monoisotopic (exact) mass is 518 g/mol. The summed E-state index contributed by atoms with van der Waals surface area (Å²) < 4.78 is 59.7. The fourth-order valence-corrected chi connectivity index (χ4v) is 4.21. The van der Waals surface area contributed by atoms with Crippen LogP contribution in [-0.4, -0.2) is 60.2 Å². The number of benzene rings is 1. The first-order valence-electron chi connectivity index (χ1n) is 11.5. The van der Waals surface area contributed by atoms with Gasteiger partial charge >= 0.3 is 0 Å².